The van der Waals surface area contributed by atoms with E-state index in [-0.39, 0.29) is 33.2 Å². The summed E-state index contributed by atoms with van der Waals surface area (Å²) in [4.78, 5) is 0.0418. The highest BCUT2D eigenvalue weighted by Gasteiger charge is 2.44. The van der Waals surface area contributed by atoms with Crippen LogP contribution in [-0.4, -0.2) is 30.4 Å². The van der Waals surface area contributed by atoms with Crippen LogP contribution in [0.25, 0.3) is 0 Å². The lowest BCUT2D eigenvalue weighted by atomic mass is 10.1. The zero-order chi connectivity index (χ0) is 14.5. The van der Waals surface area contributed by atoms with Crippen molar-refractivity contribution in [3.63, 3.8) is 0 Å². The van der Waals surface area contributed by atoms with Crippen molar-refractivity contribution >= 4 is 33.2 Å². The summed E-state index contributed by atoms with van der Waals surface area (Å²) in [5, 5.41) is 9.59. The molecule has 3 rings (SSSR count). The van der Waals surface area contributed by atoms with Gasteiger partial charge in [0.2, 0.25) is 10.0 Å². The number of aliphatic hydroxyl groups is 1. The Morgan fingerprint density at radius 3 is 2.60 bits per heavy atom. The molecule has 1 saturated heterocycles. The van der Waals surface area contributed by atoms with Gasteiger partial charge < -0.3 is 5.11 Å². The average Bonchev–Trinajstić information content (AvgIpc) is 3.01. The van der Waals surface area contributed by atoms with Crippen LogP contribution in [0.4, 0.5) is 0 Å². The SMILES string of the molecule is O=S(=O)(c1ccc(Cl)c(CO)c1Cl)N1CC2CCC1C2. The first kappa shape index (κ1) is 14.6. The predicted octanol–water partition coefficient (Wildman–Crippen LogP) is 2.66. The third-order valence-electron chi connectivity index (χ3n) is 4.25. The molecule has 1 heterocycles. The summed E-state index contributed by atoms with van der Waals surface area (Å²) in [6.07, 6.45) is 2.96. The number of hydrogen-bond donors (Lipinski definition) is 1. The first-order valence-electron chi connectivity index (χ1n) is 6.54. The van der Waals surface area contributed by atoms with E-state index in [1.54, 1.807) is 4.31 Å². The molecular formula is C13H15Cl2NO3S. The number of piperidine rings is 1. The summed E-state index contributed by atoms with van der Waals surface area (Å²) >= 11 is 12.1. The number of rotatable bonds is 3. The van der Waals surface area contributed by atoms with Crippen molar-refractivity contribution in [3.8, 4) is 0 Å². The third-order valence-corrected chi connectivity index (χ3v) is 7.11. The number of benzene rings is 1. The van der Waals surface area contributed by atoms with Gasteiger partial charge in [-0.05, 0) is 37.3 Å². The van der Waals surface area contributed by atoms with E-state index >= 15 is 0 Å². The zero-order valence-electron chi connectivity index (χ0n) is 10.7. The van der Waals surface area contributed by atoms with E-state index in [4.69, 9.17) is 23.2 Å². The van der Waals surface area contributed by atoms with Crippen LogP contribution in [-0.2, 0) is 16.6 Å². The van der Waals surface area contributed by atoms with Gasteiger partial charge in [0.15, 0.2) is 0 Å². The summed E-state index contributed by atoms with van der Waals surface area (Å²) < 4.78 is 27.0. The molecule has 2 aliphatic rings. The molecule has 1 aliphatic heterocycles. The second-order valence-corrected chi connectivity index (χ2v) is 8.05. The number of nitrogens with zero attached hydrogens (tertiary/aromatic N) is 1. The largest absolute Gasteiger partial charge is 0.392 e. The first-order valence-corrected chi connectivity index (χ1v) is 8.74. The van der Waals surface area contributed by atoms with Crippen LogP contribution >= 0.6 is 23.2 Å². The maximum absolute atomic E-state index is 12.7. The van der Waals surface area contributed by atoms with Crippen molar-refractivity contribution in [3.05, 3.63) is 27.7 Å². The van der Waals surface area contributed by atoms with Gasteiger partial charge in [0.25, 0.3) is 0 Å². The lowest BCUT2D eigenvalue weighted by molar-refractivity contribution is 0.281. The molecule has 1 aromatic carbocycles. The Bertz CT molecular complexity index is 647. The number of aliphatic hydroxyl groups excluding tert-OH is 1. The normalized spacial score (nSPS) is 26.4. The number of hydrogen-bond acceptors (Lipinski definition) is 3. The molecule has 2 bridgehead atoms. The summed E-state index contributed by atoms with van der Waals surface area (Å²) in [5.74, 6) is 0.471. The van der Waals surface area contributed by atoms with Gasteiger partial charge in [0.05, 0.1) is 11.6 Å². The van der Waals surface area contributed by atoms with E-state index in [1.807, 2.05) is 0 Å². The molecule has 2 atom stereocenters. The Morgan fingerprint density at radius 1 is 1.30 bits per heavy atom. The van der Waals surface area contributed by atoms with Crippen LogP contribution in [0.3, 0.4) is 0 Å². The molecule has 1 aliphatic carbocycles. The molecule has 110 valence electrons. The zero-order valence-corrected chi connectivity index (χ0v) is 13.0. The minimum Gasteiger partial charge on any atom is -0.392 e. The van der Waals surface area contributed by atoms with Crippen LogP contribution in [0.5, 0.6) is 0 Å². The molecule has 2 fully saturated rings. The van der Waals surface area contributed by atoms with Crippen LogP contribution in [0.15, 0.2) is 17.0 Å². The average molecular weight is 336 g/mol. The lowest BCUT2D eigenvalue weighted by Crippen LogP contribution is -2.37. The second-order valence-electron chi connectivity index (χ2n) is 5.40. The van der Waals surface area contributed by atoms with Crippen molar-refractivity contribution in [1.82, 2.24) is 4.31 Å². The first-order chi connectivity index (χ1) is 9.45. The van der Waals surface area contributed by atoms with E-state index in [9.17, 15) is 13.5 Å². The predicted molar refractivity (Wildman–Crippen MR) is 77.4 cm³/mol. The van der Waals surface area contributed by atoms with Gasteiger partial charge in [-0.3, -0.25) is 0 Å². The maximum Gasteiger partial charge on any atom is 0.244 e. The van der Waals surface area contributed by atoms with E-state index in [0.29, 0.717) is 12.5 Å². The van der Waals surface area contributed by atoms with Crippen LogP contribution in [0.2, 0.25) is 10.0 Å². The monoisotopic (exact) mass is 335 g/mol. The molecule has 0 radical (unpaired) electrons. The highest BCUT2D eigenvalue weighted by atomic mass is 35.5. The van der Waals surface area contributed by atoms with Crippen molar-refractivity contribution in [2.24, 2.45) is 5.92 Å². The quantitative estimate of drug-likeness (QED) is 0.923. The molecule has 4 nitrogen and oxygen atoms in total. The fourth-order valence-corrected chi connectivity index (χ4v) is 5.84. The molecule has 20 heavy (non-hydrogen) atoms. The van der Waals surface area contributed by atoms with Crippen molar-refractivity contribution < 1.29 is 13.5 Å². The molecule has 7 heteroatoms. The molecule has 1 aromatic rings. The van der Waals surface area contributed by atoms with E-state index in [1.165, 1.54) is 12.1 Å². The summed E-state index contributed by atoms with van der Waals surface area (Å²) in [6, 6.07) is 2.99. The highest BCUT2D eigenvalue weighted by Crippen LogP contribution is 2.42. The number of fused-ring (bicyclic) bond motifs is 2. The summed E-state index contributed by atoms with van der Waals surface area (Å²) in [5.41, 5.74) is 0.263. The highest BCUT2D eigenvalue weighted by molar-refractivity contribution is 7.89. The van der Waals surface area contributed by atoms with Gasteiger partial charge in [0, 0.05) is 23.2 Å². The lowest BCUT2D eigenvalue weighted by Gasteiger charge is -2.26. The van der Waals surface area contributed by atoms with E-state index in [2.05, 4.69) is 0 Å². The van der Waals surface area contributed by atoms with Crippen LogP contribution in [0, 0.1) is 5.92 Å². The van der Waals surface area contributed by atoms with Gasteiger partial charge in [-0.25, -0.2) is 8.42 Å². The van der Waals surface area contributed by atoms with Crippen LogP contribution in [0.1, 0.15) is 24.8 Å². The van der Waals surface area contributed by atoms with Gasteiger partial charge >= 0.3 is 0 Å². The summed E-state index contributed by atoms with van der Waals surface area (Å²) in [6.45, 7) is 0.188. The number of sulfonamides is 1. The molecular weight excluding hydrogens is 321 g/mol. The van der Waals surface area contributed by atoms with Crippen molar-refractivity contribution in [2.75, 3.05) is 6.54 Å². The Kier molecular flexibility index (Phi) is 3.75. The maximum atomic E-state index is 12.7. The van der Waals surface area contributed by atoms with Crippen molar-refractivity contribution in [2.45, 2.75) is 36.8 Å². The van der Waals surface area contributed by atoms with Gasteiger partial charge in [-0.15, -0.1) is 0 Å². The Labute approximate surface area is 128 Å². The Morgan fingerprint density at radius 2 is 2.05 bits per heavy atom. The standard InChI is InChI=1S/C13H15Cl2NO3S/c14-11-3-4-12(13(15)10(11)7-17)20(18,19)16-6-8-1-2-9(16)5-8/h3-4,8-9,17H,1-2,5-7H2. The van der Waals surface area contributed by atoms with Crippen molar-refractivity contribution in [1.29, 1.82) is 0 Å². The molecule has 1 saturated carbocycles. The Balaban J connectivity index is 2.04. The smallest absolute Gasteiger partial charge is 0.244 e. The molecule has 0 spiro atoms. The minimum atomic E-state index is -3.62. The molecule has 0 aromatic heterocycles. The fourth-order valence-electron chi connectivity index (χ4n) is 3.22. The second kappa shape index (κ2) is 5.14. The summed E-state index contributed by atoms with van der Waals surface area (Å²) in [7, 11) is -3.62. The van der Waals surface area contributed by atoms with Crippen LogP contribution < -0.4 is 0 Å². The Hall–Kier alpha value is -0.330. The molecule has 2 unspecified atom stereocenters. The van der Waals surface area contributed by atoms with E-state index in [0.717, 1.165) is 19.3 Å². The van der Waals surface area contributed by atoms with Gasteiger partial charge in [-0.1, -0.05) is 23.2 Å². The fraction of sp³-hybridized carbons (Fsp3) is 0.538. The topological polar surface area (TPSA) is 57.6 Å². The number of halogens is 2. The third kappa shape index (κ3) is 2.16. The minimum absolute atomic E-state index is 0.0303. The van der Waals surface area contributed by atoms with Gasteiger partial charge in [0.1, 0.15) is 4.90 Å². The molecule has 1 N–H and O–H groups in total. The molecule has 0 amide bonds. The van der Waals surface area contributed by atoms with Gasteiger partial charge in [-0.2, -0.15) is 4.31 Å². The van der Waals surface area contributed by atoms with E-state index < -0.39 is 10.0 Å².